The lowest BCUT2D eigenvalue weighted by Gasteiger charge is -2.42. The minimum atomic E-state index is -1.11. The third kappa shape index (κ3) is 1.97. The summed E-state index contributed by atoms with van der Waals surface area (Å²) in [6.45, 7) is 7.28. The smallest absolute Gasteiger partial charge is 0.409 e. The molecule has 0 bridgehead atoms. The van der Waals surface area contributed by atoms with Crippen molar-refractivity contribution in [1.29, 1.82) is 0 Å². The van der Waals surface area contributed by atoms with Gasteiger partial charge in [-0.1, -0.05) is 0 Å². The molecule has 21 heavy (non-hydrogen) atoms. The van der Waals surface area contributed by atoms with Crippen LogP contribution < -0.4 is 5.32 Å². The quantitative estimate of drug-likeness (QED) is 0.695. The Labute approximate surface area is 121 Å². The zero-order valence-electron chi connectivity index (χ0n) is 12.4. The average molecular weight is 301 g/mol. The van der Waals surface area contributed by atoms with E-state index in [-0.39, 0.29) is 6.61 Å². The second-order valence-electron chi connectivity index (χ2n) is 6.70. The average Bonchev–Trinajstić information content (AvgIpc) is 2.94. The largest absolute Gasteiger partial charge is 0.444 e. The lowest BCUT2D eigenvalue weighted by Crippen LogP contribution is -2.68. The molecule has 5 atom stereocenters. The van der Waals surface area contributed by atoms with Crippen molar-refractivity contribution in [3.63, 3.8) is 0 Å². The fourth-order valence-corrected chi connectivity index (χ4v) is 3.37. The van der Waals surface area contributed by atoms with Crippen molar-refractivity contribution in [3.05, 3.63) is 0 Å². The first kappa shape index (κ1) is 13.7. The molecular formula is C13H19NO7. The number of amides is 1. The van der Waals surface area contributed by atoms with Crippen LogP contribution in [0.2, 0.25) is 0 Å². The van der Waals surface area contributed by atoms with Gasteiger partial charge in [0.1, 0.15) is 24.9 Å². The van der Waals surface area contributed by atoms with Gasteiger partial charge in [-0.15, -0.1) is 0 Å². The molecule has 8 heteroatoms. The maximum Gasteiger partial charge on any atom is 0.409 e. The van der Waals surface area contributed by atoms with Crippen LogP contribution in [-0.2, 0) is 28.4 Å². The molecule has 4 saturated heterocycles. The van der Waals surface area contributed by atoms with Gasteiger partial charge in [-0.2, -0.15) is 0 Å². The molecule has 0 aromatic rings. The Morgan fingerprint density at radius 3 is 2.29 bits per heavy atom. The van der Waals surface area contributed by atoms with E-state index in [1.807, 2.05) is 13.8 Å². The molecule has 1 N–H and O–H groups in total. The van der Waals surface area contributed by atoms with Gasteiger partial charge in [-0.25, -0.2) is 4.79 Å². The first-order valence-corrected chi connectivity index (χ1v) is 7.04. The van der Waals surface area contributed by atoms with Crippen LogP contribution in [0, 0.1) is 0 Å². The van der Waals surface area contributed by atoms with Crippen LogP contribution in [0.5, 0.6) is 0 Å². The highest BCUT2D eigenvalue weighted by atomic mass is 16.9. The van der Waals surface area contributed by atoms with Gasteiger partial charge in [0.25, 0.3) is 0 Å². The number of fused-ring (bicyclic) bond motifs is 4. The van der Waals surface area contributed by atoms with Gasteiger partial charge < -0.3 is 28.4 Å². The van der Waals surface area contributed by atoms with Crippen molar-refractivity contribution in [1.82, 2.24) is 5.32 Å². The molecule has 0 unspecified atom stereocenters. The number of hydrogen-bond donors (Lipinski definition) is 1. The maximum atomic E-state index is 11.5. The van der Waals surface area contributed by atoms with Crippen LogP contribution >= 0.6 is 0 Å². The molecule has 1 amide bonds. The third-order valence-corrected chi connectivity index (χ3v) is 4.06. The van der Waals surface area contributed by atoms with Crippen LogP contribution in [0.1, 0.15) is 27.7 Å². The summed E-state index contributed by atoms with van der Waals surface area (Å²) < 4.78 is 34.5. The van der Waals surface area contributed by atoms with Gasteiger partial charge >= 0.3 is 6.09 Å². The fourth-order valence-electron chi connectivity index (χ4n) is 3.37. The summed E-state index contributed by atoms with van der Waals surface area (Å²) in [6, 6.07) is 0. The zero-order chi connectivity index (χ0) is 15.0. The van der Waals surface area contributed by atoms with Gasteiger partial charge in [-0.05, 0) is 27.7 Å². The highest BCUT2D eigenvalue weighted by molar-refractivity contribution is 5.70. The molecule has 1 spiro atoms. The first-order chi connectivity index (χ1) is 9.70. The molecule has 8 nitrogen and oxygen atoms in total. The number of hydrogen-bond acceptors (Lipinski definition) is 7. The predicted octanol–water partition coefficient (Wildman–Crippen LogP) is 0.450. The highest BCUT2D eigenvalue weighted by Gasteiger charge is 2.68. The van der Waals surface area contributed by atoms with Gasteiger partial charge in [0.05, 0.1) is 0 Å². The Bertz CT molecular complexity index is 493. The second-order valence-corrected chi connectivity index (χ2v) is 6.70. The molecule has 0 radical (unpaired) electrons. The van der Waals surface area contributed by atoms with E-state index in [1.54, 1.807) is 13.8 Å². The number of carbonyl (C=O) groups excluding carboxylic acids is 1. The summed E-state index contributed by atoms with van der Waals surface area (Å²) in [5.74, 6) is -1.59. The monoisotopic (exact) mass is 301 g/mol. The van der Waals surface area contributed by atoms with Gasteiger partial charge in [0.15, 0.2) is 17.9 Å². The van der Waals surface area contributed by atoms with E-state index in [0.717, 1.165) is 0 Å². The van der Waals surface area contributed by atoms with E-state index in [9.17, 15) is 4.79 Å². The third-order valence-electron chi connectivity index (χ3n) is 4.06. The Morgan fingerprint density at radius 2 is 1.62 bits per heavy atom. The number of rotatable bonds is 0. The van der Waals surface area contributed by atoms with Crippen molar-refractivity contribution < 1.29 is 33.2 Å². The molecule has 4 rings (SSSR count). The summed E-state index contributed by atoms with van der Waals surface area (Å²) in [4.78, 5) is 11.5. The van der Waals surface area contributed by atoms with Crippen LogP contribution in [-0.4, -0.2) is 54.6 Å². The van der Waals surface area contributed by atoms with E-state index in [1.165, 1.54) is 0 Å². The topological polar surface area (TPSA) is 84.5 Å². The van der Waals surface area contributed by atoms with Crippen LogP contribution in [0.15, 0.2) is 0 Å². The van der Waals surface area contributed by atoms with Crippen LogP contribution in [0.25, 0.3) is 0 Å². The van der Waals surface area contributed by atoms with E-state index in [2.05, 4.69) is 5.32 Å². The SMILES string of the molecule is CC1(C)O[C@H]2O[C@]3(COC(=O)N3)[C@@H]3OC(C)(C)O[C@@H]3[C@H]2O1. The number of alkyl carbamates (subject to hydrolysis) is 1. The number of nitrogens with one attached hydrogen (secondary N) is 1. The lowest BCUT2D eigenvalue weighted by molar-refractivity contribution is -0.282. The number of cyclic esters (lactones) is 1. The Morgan fingerprint density at radius 1 is 0.952 bits per heavy atom. The second kappa shape index (κ2) is 3.88. The summed E-state index contributed by atoms with van der Waals surface area (Å²) in [6.07, 6.45) is -2.56. The van der Waals surface area contributed by atoms with Gasteiger partial charge in [0.2, 0.25) is 5.72 Å². The first-order valence-electron chi connectivity index (χ1n) is 7.04. The Kier molecular flexibility index (Phi) is 2.53. The summed E-state index contributed by atoms with van der Waals surface area (Å²) in [5, 5.41) is 2.69. The molecule has 4 fully saturated rings. The van der Waals surface area contributed by atoms with Crippen molar-refractivity contribution in [2.45, 2.75) is 69.6 Å². The fraction of sp³-hybridized carbons (Fsp3) is 0.923. The minimum Gasteiger partial charge on any atom is -0.444 e. The number of carbonyl (C=O) groups is 1. The van der Waals surface area contributed by atoms with E-state index < -0.39 is 48.0 Å². The highest BCUT2D eigenvalue weighted by Crippen LogP contribution is 2.47. The lowest BCUT2D eigenvalue weighted by atomic mass is 9.94. The minimum absolute atomic E-state index is 0.0411. The maximum absolute atomic E-state index is 11.5. The zero-order valence-corrected chi connectivity index (χ0v) is 12.4. The van der Waals surface area contributed by atoms with Crippen molar-refractivity contribution >= 4 is 6.09 Å². The number of ether oxygens (including phenoxy) is 6. The summed E-state index contributed by atoms with van der Waals surface area (Å²) in [5.41, 5.74) is -1.11. The molecule has 4 aliphatic heterocycles. The van der Waals surface area contributed by atoms with Crippen molar-refractivity contribution in [2.75, 3.05) is 6.61 Å². The summed E-state index contributed by atoms with van der Waals surface area (Å²) in [7, 11) is 0. The van der Waals surface area contributed by atoms with E-state index in [4.69, 9.17) is 28.4 Å². The molecule has 4 aliphatic rings. The van der Waals surface area contributed by atoms with Crippen LogP contribution in [0.4, 0.5) is 4.79 Å². The molecule has 0 saturated carbocycles. The Balaban J connectivity index is 1.71. The molecule has 4 heterocycles. The van der Waals surface area contributed by atoms with E-state index >= 15 is 0 Å². The molecule has 0 aliphatic carbocycles. The molecule has 118 valence electrons. The molecular weight excluding hydrogens is 282 g/mol. The van der Waals surface area contributed by atoms with Gasteiger partial charge in [-0.3, -0.25) is 5.32 Å². The van der Waals surface area contributed by atoms with Crippen molar-refractivity contribution in [2.24, 2.45) is 0 Å². The van der Waals surface area contributed by atoms with E-state index in [0.29, 0.717) is 0 Å². The van der Waals surface area contributed by atoms with Crippen molar-refractivity contribution in [3.8, 4) is 0 Å². The summed E-state index contributed by atoms with van der Waals surface area (Å²) >= 11 is 0. The Hall–Kier alpha value is -0.930. The predicted molar refractivity (Wildman–Crippen MR) is 65.9 cm³/mol. The standard InChI is InChI=1S/C13H19NO7/c1-11(2)17-6-7-9(20-12(3,4)18-7)21-13(8(6)19-11)5-16-10(15)14-13/h6-9H,5H2,1-4H3,(H,14,15)/t6-,7-,8-,9+,13-/m1/s1. The molecule has 0 aromatic carbocycles. The molecule has 0 aromatic heterocycles. The van der Waals surface area contributed by atoms with Crippen LogP contribution in [0.3, 0.4) is 0 Å². The van der Waals surface area contributed by atoms with Gasteiger partial charge in [0, 0.05) is 0 Å². The normalized spacial score (nSPS) is 49.6.